The Morgan fingerprint density at radius 3 is 2.17 bits per heavy atom. The highest BCUT2D eigenvalue weighted by Gasteiger charge is 2.36. The van der Waals surface area contributed by atoms with Gasteiger partial charge in [0.15, 0.2) is 0 Å². The molecule has 2 aliphatic heterocycles. The van der Waals surface area contributed by atoms with E-state index in [2.05, 4.69) is 0 Å². The van der Waals surface area contributed by atoms with Gasteiger partial charge in [-0.05, 0) is 25.7 Å². The lowest BCUT2D eigenvalue weighted by Crippen LogP contribution is -2.07. The van der Waals surface area contributed by atoms with E-state index in [0.29, 0.717) is 25.2 Å². The number of ether oxygens (including phenoxy) is 2. The minimum absolute atomic E-state index is 0.0182. The fourth-order valence-electron chi connectivity index (χ4n) is 2.73. The average molecular weight is 254 g/mol. The molecule has 2 saturated heterocycles. The molecular formula is C15H26O3. The summed E-state index contributed by atoms with van der Waals surface area (Å²) in [5, 5.41) is 0. The van der Waals surface area contributed by atoms with Crippen LogP contribution in [0.15, 0.2) is 0 Å². The highest BCUT2D eigenvalue weighted by Crippen LogP contribution is 2.31. The van der Waals surface area contributed by atoms with Crippen molar-refractivity contribution in [1.29, 1.82) is 0 Å². The van der Waals surface area contributed by atoms with E-state index in [1.54, 1.807) is 0 Å². The van der Waals surface area contributed by atoms with E-state index in [4.69, 9.17) is 9.47 Å². The van der Waals surface area contributed by atoms with E-state index in [1.807, 2.05) is 0 Å². The van der Waals surface area contributed by atoms with Crippen LogP contribution in [0.1, 0.15) is 70.6 Å². The molecule has 0 aromatic heterocycles. The zero-order valence-electron chi connectivity index (χ0n) is 11.4. The standard InChI is InChI=1S/C15H26O3/c16-15-11-7-5-3-1-2-4-6-9-13-14(18-13)10-8-12-17-15/h13-14H,1-12H2. The molecule has 0 saturated carbocycles. The molecule has 0 aromatic carbocycles. The summed E-state index contributed by atoms with van der Waals surface area (Å²) >= 11 is 0. The fraction of sp³-hybridized carbons (Fsp3) is 0.933. The third-order valence-electron chi connectivity index (χ3n) is 3.95. The molecule has 0 bridgehead atoms. The first-order valence-corrected chi connectivity index (χ1v) is 7.67. The van der Waals surface area contributed by atoms with Crippen LogP contribution >= 0.6 is 0 Å². The van der Waals surface area contributed by atoms with E-state index in [9.17, 15) is 4.79 Å². The zero-order valence-corrected chi connectivity index (χ0v) is 11.4. The quantitative estimate of drug-likeness (QED) is 0.489. The van der Waals surface area contributed by atoms with Crippen LogP contribution in [0.3, 0.4) is 0 Å². The number of epoxide rings is 1. The van der Waals surface area contributed by atoms with Gasteiger partial charge in [0.2, 0.25) is 0 Å². The lowest BCUT2D eigenvalue weighted by molar-refractivity contribution is -0.143. The molecule has 0 N–H and O–H groups in total. The summed E-state index contributed by atoms with van der Waals surface area (Å²) in [6.07, 6.45) is 13.5. The van der Waals surface area contributed by atoms with Crippen LogP contribution in [-0.2, 0) is 14.3 Å². The van der Waals surface area contributed by atoms with Gasteiger partial charge in [0.1, 0.15) is 0 Å². The van der Waals surface area contributed by atoms with Crippen LogP contribution in [0.2, 0.25) is 0 Å². The maximum absolute atomic E-state index is 11.4. The Morgan fingerprint density at radius 1 is 0.778 bits per heavy atom. The predicted octanol–water partition coefficient (Wildman–Crippen LogP) is 3.60. The number of esters is 1. The van der Waals surface area contributed by atoms with Gasteiger partial charge in [-0.2, -0.15) is 0 Å². The Balaban J connectivity index is 1.64. The van der Waals surface area contributed by atoms with Crippen molar-refractivity contribution in [3.8, 4) is 0 Å². The van der Waals surface area contributed by atoms with Gasteiger partial charge in [-0.3, -0.25) is 4.79 Å². The SMILES string of the molecule is O=C1CCCCCCCCCC2OC2CCCO1. The van der Waals surface area contributed by atoms with Crippen molar-refractivity contribution in [1.82, 2.24) is 0 Å². The Hall–Kier alpha value is -0.570. The van der Waals surface area contributed by atoms with Gasteiger partial charge in [-0.15, -0.1) is 0 Å². The summed E-state index contributed by atoms with van der Waals surface area (Å²) in [7, 11) is 0. The lowest BCUT2D eigenvalue weighted by atomic mass is 10.0. The number of carbonyl (C=O) groups excluding carboxylic acids is 1. The van der Waals surface area contributed by atoms with E-state index >= 15 is 0 Å². The molecule has 2 atom stereocenters. The summed E-state index contributed by atoms with van der Waals surface area (Å²) in [6.45, 7) is 0.575. The molecule has 0 aliphatic carbocycles. The molecule has 2 unspecified atom stereocenters. The molecule has 0 aromatic rings. The Bertz CT molecular complexity index is 252. The second-order valence-corrected chi connectivity index (χ2v) is 5.59. The van der Waals surface area contributed by atoms with Gasteiger partial charge in [-0.25, -0.2) is 0 Å². The highest BCUT2D eigenvalue weighted by molar-refractivity contribution is 5.69. The normalized spacial score (nSPS) is 32.3. The Morgan fingerprint density at radius 2 is 1.39 bits per heavy atom. The van der Waals surface area contributed by atoms with Crippen molar-refractivity contribution in [2.24, 2.45) is 0 Å². The van der Waals surface area contributed by atoms with Gasteiger partial charge in [0.25, 0.3) is 0 Å². The average Bonchev–Trinajstić information content (AvgIpc) is 3.10. The minimum atomic E-state index is -0.0182. The van der Waals surface area contributed by atoms with Crippen molar-refractivity contribution >= 4 is 5.97 Å². The number of hydrogen-bond acceptors (Lipinski definition) is 3. The first-order chi connectivity index (χ1) is 8.86. The van der Waals surface area contributed by atoms with Crippen LogP contribution in [0.4, 0.5) is 0 Å². The molecule has 18 heavy (non-hydrogen) atoms. The maximum Gasteiger partial charge on any atom is 0.305 e. The lowest BCUT2D eigenvalue weighted by Gasteiger charge is -2.05. The summed E-state index contributed by atoms with van der Waals surface area (Å²) in [6, 6.07) is 0. The molecule has 104 valence electrons. The van der Waals surface area contributed by atoms with Crippen molar-refractivity contribution in [3.63, 3.8) is 0 Å². The first-order valence-electron chi connectivity index (χ1n) is 7.67. The Kier molecular flexibility index (Phi) is 5.98. The zero-order chi connectivity index (χ0) is 12.6. The monoisotopic (exact) mass is 254 g/mol. The van der Waals surface area contributed by atoms with Crippen LogP contribution < -0.4 is 0 Å². The molecule has 2 aliphatic rings. The molecule has 2 fully saturated rings. The second kappa shape index (κ2) is 7.78. The number of hydrogen-bond donors (Lipinski definition) is 0. The molecule has 2 rings (SSSR count). The van der Waals surface area contributed by atoms with Crippen LogP contribution in [0, 0.1) is 0 Å². The van der Waals surface area contributed by atoms with Crippen molar-refractivity contribution in [2.75, 3.05) is 6.61 Å². The minimum Gasteiger partial charge on any atom is -0.466 e. The highest BCUT2D eigenvalue weighted by atomic mass is 16.6. The topological polar surface area (TPSA) is 38.8 Å². The number of cyclic esters (lactones) is 1. The third kappa shape index (κ3) is 5.38. The second-order valence-electron chi connectivity index (χ2n) is 5.59. The van der Waals surface area contributed by atoms with Gasteiger partial charge in [0, 0.05) is 6.42 Å². The van der Waals surface area contributed by atoms with E-state index in [1.165, 1.54) is 44.9 Å². The third-order valence-corrected chi connectivity index (χ3v) is 3.95. The number of rotatable bonds is 0. The molecule has 3 nitrogen and oxygen atoms in total. The van der Waals surface area contributed by atoms with E-state index < -0.39 is 0 Å². The molecular weight excluding hydrogens is 228 g/mol. The summed E-state index contributed by atoms with van der Waals surface area (Å²) in [4.78, 5) is 11.4. The van der Waals surface area contributed by atoms with E-state index in [0.717, 1.165) is 19.3 Å². The van der Waals surface area contributed by atoms with Crippen LogP contribution in [0.5, 0.6) is 0 Å². The summed E-state index contributed by atoms with van der Waals surface area (Å²) in [5.41, 5.74) is 0. The predicted molar refractivity (Wildman–Crippen MR) is 70.4 cm³/mol. The molecule has 0 radical (unpaired) electrons. The largest absolute Gasteiger partial charge is 0.466 e. The van der Waals surface area contributed by atoms with Gasteiger partial charge < -0.3 is 9.47 Å². The first kappa shape index (κ1) is 13.9. The smallest absolute Gasteiger partial charge is 0.305 e. The van der Waals surface area contributed by atoms with Crippen LogP contribution in [0.25, 0.3) is 0 Å². The Labute approximate surface area is 110 Å². The van der Waals surface area contributed by atoms with Crippen LogP contribution in [-0.4, -0.2) is 24.8 Å². The van der Waals surface area contributed by atoms with Gasteiger partial charge >= 0.3 is 5.97 Å². The summed E-state index contributed by atoms with van der Waals surface area (Å²) in [5.74, 6) is -0.0182. The maximum atomic E-state index is 11.4. The van der Waals surface area contributed by atoms with E-state index in [-0.39, 0.29) is 5.97 Å². The number of carbonyl (C=O) groups is 1. The van der Waals surface area contributed by atoms with Crippen molar-refractivity contribution in [2.45, 2.75) is 82.8 Å². The molecule has 2 heterocycles. The summed E-state index contributed by atoms with van der Waals surface area (Å²) < 4.78 is 10.8. The van der Waals surface area contributed by atoms with Gasteiger partial charge in [-0.1, -0.05) is 38.5 Å². The van der Waals surface area contributed by atoms with Crippen molar-refractivity contribution < 1.29 is 14.3 Å². The van der Waals surface area contributed by atoms with Gasteiger partial charge in [0.05, 0.1) is 18.8 Å². The number of fused-ring (bicyclic) bond motifs is 1. The fourth-order valence-corrected chi connectivity index (χ4v) is 2.73. The molecule has 3 heteroatoms. The van der Waals surface area contributed by atoms with Crippen molar-refractivity contribution in [3.05, 3.63) is 0 Å². The molecule has 0 spiro atoms. The molecule has 0 amide bonds.